The summed E-state index contributed by atoms with van der Waals surface area (Å²) in [4.78, 5) is 13.2. The van der Waals surface area contributed by atoms with E-state index in [1.165, 1.54) is 9.58 Å². The van der Waals surface area contributed by atoms with E-state index in [0.29, 0.717) is 25.1 Å². The van der Waals surface area contributed by atoms with Gasteiger partial charge in [-0.2, -0.15) is 18.3 Å². The van der Waals surface area contributed by atoms with E-state index in [-0.39, 0.29) is 23.8 Å². The first-order valence-electron chi connectivity index (χ1n) is 7.88. The maximum absolute atomic E-state index is 13.2. The zero-order valence-corrected chi connectivity index (χ0v) is 13.9. The van der Waals surface area contributed by atoms with Gasteiger partial charge in [-0.15, -0.1) is 0 Å². The number of fused-ring (bicyclic) bond motifs is 1. The number of likely N-dealkylation sites (N-methyl/N-ethyl adjacent to an activating group) is 1. The van der Waals surface area contributed by atoms with Crippen molar-refractivity contribution < 1.29 is 22.7 Å². The van der Waals surface area contributed by atoms with Crippen LogP contribution < -0.4 is 4.74 Å². The summed E-state index contributed by atoms with van der Waals surface area (Å²) in [5.74, 6) is 0.0996. The fourth-order valence-electron chi connectivity index (χ4n) is 2.72. The summed E-state index contributed by atoms with van der Waals surface area (Å²) in [5, 5.41) is 3.74. The first-order valence-corrected chi connectivity index (χ1v) is 7.88. The van der Waals surface area contributed by atoms with Crippen molar-refractivity contribution >= 4 is 5.91 Å². The first-order chi connectivity index (χ1) is 11.8. The van der Waals surface area contributed by atoms with Crippen LogP contribution in [0.3, 0.4) is 0 Å². The van der Waals surface area contributed by atoms with Crippen LogP contribution in [0.4, 0.5) is 13.2 Å². The van der Waals surface area contributed by atoms with Crippen molar-refractivity contribution in [1.82, 2.24) is 14.7 Å². The molecule has 0 radical (unpaired) electrons. The smallest absolute Gasteiger partial charge is 0.435 e. The maximum atomic E-state index is 13.2. The number of halogens is 3. The zero-order chi connectivity index (χ0) is 18.2. The molecule has 25 heavy (non-hydrogen) atoms. The lowest BCUT2D eigenvalue weighted by Crippen LogP contribution is -2.23. The number of hydrogen-bond donors (Lipinski definition) is 0. The Morgan fingerprint density at radius 3 is 2.56 bits per heavy atom. The Morgan fingerprint density at radius 1 is 1.28 bits per heavy atom. The highest BCUT2D eigenvalue weighted by Crippen LogP contribution is 2.39. The van der Waals surface area contributed by atoms with Gasteiger partial charge in [-0.25, -0.2) is 4.68 Å². The Hall–Kier alpha value is -2.51. The van der Waals surface area contributed by atoms with Crippen molar-refractivity contribution in [3.05, 3.63) is 41.1 Å². The Bertz CT molecular complexity index is 780. The molecule has 5 nitrogen and oxygen atoms in total. The van der Waals surface area contributed by atoms with Crippen molar-refractivity contribution in [3.63, 3.8) is 0 Å². The number of aromatic nitrogens is 2. The number of nitrogens with zero attached hydrogens (tertiary/aromatic N) is 3. The summed E-state index contributed by atoms with van der Waals surface area (Å²) >= 11 is 0. The van der Waals surface area contributed by atoms with Gasteiger partial charge in [0.05, 0.1) is 18.7 Å². The summed E-state index contributed by atoms with van der Waals surface area (Å²) in [6, 6.07) is 6.70. The average molecular weight is 353 g/mol. The van der Waals surface area contributed by atoms with E-state index in [9.17, 15) is 18.0 Å². The molecular formula is C17H18F3N3O2. The van der Waals surface area contributed by atoms with Crippen LogP contribution in [0.2, 0.25) is 0 Å². The summed E-state index contributed by atoms with van der Waals surface area (Å²) < 4.78 is 46.3. The molecule has 8 heteroatoms. The molecular weight excluding hydrogens is 335 g/mol. The van der Waals surface area contributed by atoms with Crippen LogP contribution in [0.25, 0.3) is 5.69 Å². The largest absolute Gasteiger partial charge is 0.477 e. The zero-order valence-electron chi connectivity index (χ0n) is 13.9. The molecule has 0 saturated carbocycles. The number of amides is 1. The van der Waals surface area contributed by atoms with E-state index in [1.54, 1.807) is 38.4 Å². The lowest BCUT2D eigenvalue weighted by molar-refractivity contribution is -0.142. The molecule has 0 bridgehead atoms. The lowest BCUT2D eigenvalue weighted by Gasteiger charge is -2.16. The highest BCUT2D eigenvalue weighted by molar-refractivity contribution is 5.78. The molecule has 1 aliphatic heterocycles. The molecule has 134 valence electrons. The monoisotopic (exact) mass is 353 g/mol. The van der Waals surface area contributed by atoms with E-state index in [0.717, 1.165) is 5.56 Å². The fraction of sp³-hybridized carbons (Fsp3) is 0.412. The highest BCUT2D eigenvalue weighted by Gasteiger charge is 2.40. The molecule has 0 aliphatic carbocycles. The molecule has 1 aliphatic rings. The summed E-state index contributed by atoms with van der Waals surface area (Å²) in [6.07, 6.45) is -3.46. The maximum Gasteiger partial charge on any atom is 0.435 e. The van der Waals surface area contributed by atoms with E-state index in [4.69, 9.17) is 4.74 Å². The average Bonchev–Trinajstić information content (AvgIpc) is 2.95. The van der Waals surface area contributed by atoms with Crippen LogP contribution in [0.15, 0.2) is 24.3 Å². The van der Waals surface area contributed by atoms with Crippen LogP contribution in [0.1, 0.15) is 23.2 Å². The fourth-order valence-corrected chi connectivity index (χ4v) is 2.72. The van der Waals surface area contributed by atoms with Crippen molar-refractivity contribution in [2.75, 3.05) is 20.7 Å². The second-order valence-corrected chi connectivity index (χ2v) is 6.13. The Labute approximate surface area is 143 Å². The lowest BCUT2D eigenvalue weighted by atomic mass is 10.1. The van der Waals surface area contributed by atoms with Gasteiger partial charge in [-0.3, -0.25) is 4.79 Å². The van der Waals surface area contributed by atoms with E-state index in [1.807, 2.05) is 0 Å². The van der Waals surface area contributed by atoms with Gasteiger partial charge in [0.1, 0.15) is 0 Å². The van der Waals surface area contributed by atoms with Gasteiger partial charge in [0, 0.05) is 19.7 Å². The number of hydrogen-bond acceptors (Lipinski definition) is 3. The van der Waals surface area contributed by atoms with Gasteiger partial charge < -0.3 is 9.64 Å². The number of carbonyl (C=O) groups is 1. The molecule has 2 aromatic rings. The molecule has 0 unspecified atom stereocenters. The molecule has 1 amide bonds. The molecule has 1 aromatic heterocycles. The molecule has 1 aromatic carbocycles. The highest BCUT2D eigenvalue weighted by atomic mass is 19.4. The van der Waals surface area contributed by atoms with Crippen molar-refractivity contribution in [2.24, 2.45) is 0 Å². The number of carbonyl (C=O) groups excluding carboxylic acids is 1. The third-order valence-corrected chi connectivity index (χ3v) is 4.05. The quantitative estimate of drug-likeness (QED) is 0.853. The third-order valence-electron chi connectivity index (χ3n) is 4.05. The summed E-state index contributed by atoms with van der Waals surface area (Å²) in [7, 11) is 3.34. The molecule has 3 rings (SSSR count). The molecule has 0 fully saturated rings. The minimum atomic E-state index is -4.52. The Kier molecular flexibility index (Phi) is 4.45. The number of ether oxygens (including phenoxy) is 1. The first kappa shape index (κ1) is 17.3. The van der Waals surface area contributed by atoms with Crippen LogP contribution in [-0.4, -0.2) is 41.3 Å². The van der Waals surface area contributed by atoms with Crippen molar-refractivity contribution in [1.29, 1.82) is 0 Å². The third kappa shape index (κ3) is 3.47. The van der Waals surface area contributed by atoms with Crippen LogP contribution >= 0.6 is 0 Å². The minimum Gasteiger partial charge on any atom is -0.477 e. The minimum absolute atomic E-state index is 0.0492. The van der Waals surface area contributed by atoms with E-state index >= 15 is 0 Å². The van der Waals surface area contributed by atoms with Crippen LogP contribution in [-0.2, 0) is 23.8 Å². The molecule has 0 N–H and O–H groups in total. The molecule has 0 saturated heterocycles. The Balaban J connectivity index is 1.94. The van der Waals surface area contributed by atoms with Crippen molar-refractivity contribution in [2.45, 2.75) is 25.4 Å². The molecule has 0 spiro atoms. The number of rotatable bonds is 3. The molecule has 0 atom stereocenters. The second-order valence-electron chi connectivity index (χ2n) is 6.13. The number of benzene rings is 1. The second kappa shape index (κ2) is 6.42. The van der Waals surface area contributed by atoms with Gasteiger partial charge >= 0.3 is 6.18 Å². The number of alkyl halides is 3. The van der Waals surface area contributed by atoms with Crippen LogP contribution in [0, 0.1) is 0 Å². The standard InChI is InChI=1S/C17H18F3N3O2/c1-22(2)14(24)10-11-5-7-12(8-6-11)23-16-13(4-3-9-25-16)15(21-23)17(18,19)20/h5-8H,3-4,9-10H2,1-2H3. The SMILES string of the molecule is CN(C)C(=O)Cc1ccc(-n2nc(C(F)(F)F)c3c2OCCC3)cc1. The van der Waals surface area contributed by atoms with Gasteiger partial charge in [-0.1, -0.05) is 12.1 Å². The summed E-state index contributed by atoms with van der Waals surface area (Å²) in [6.45, 7) is 0.366. The topological polar surface area (TPSA) is 47.4 Å². The van der Waals surface area contributed by atoms with E-state index in [2.05, 4.69) is 5.10 Å². The predicted octanol–water partition coefficient (Wildman–Crippen LogP) is 2.85. The summed E-state index contributed by atoms with van der Waals surface area (Å²) in [5.41, 5.74) is 0.454. The van der Waals surface area contributed by atoms with Gasteiger partial charge in [0.25, 0.3) is 0 Å². The normalized spacial score (nSPS) is 14.0. The van der Waals surface area contributed by atoms with Gasteiger partial charge in [-0.05, 0) is 30.5 Å². The Morgan fingerprint density at radius 2 is 1.96 bits per heavy atom. The van der Waals surface area contributed by atoms with E-state index < -0.39 is 11.9 Å². The van der Waals surface area contributed by atoms with Crippen molar-refractivity contribution in [3.8, 4) is 11.6 Å². The molecule has 2 heterocycles. The van der Waals surface area contributed by atoms with Gasteiger partial charge in [0.2, 0.25) is 11.8 Å². The van der Waals surface area contributed by atoms with Crippen LogP contribution in [0.5, 0.6) is 5.88 Å². The predicted molar refractivity (Wildman–Crippen MR) is 84.8 cm³/mol. The van der Waals surface area contributed by atoms with Gasteiger partial charge in [0.15, 0.2) is 5.69 Å².